The highest BCUT2D eigenvalue weighted by atomic mass is 14.7. The summed E-state index contributed by atoms with van der Waals surface area (Å²) in [6.45, 7) is 6.51. The summed E-state index contributed by atoms with van der Waals surface area (Å²) in [5.41, 5.74) is 9.62. The molecular formula is C24H21N. The van der Waals surface area contributed by atoms with Crippen molar-refractivity contribution in [3.05, 3.63) is 89.5 Å². The minimum atomic E-state index is 1.04. The molecule has 4 rings (SSSR count). The Morgan fingerprint density at radius 2 is 1.28 bits per heavy atom. The second-order valence-corrected chi connectivity index (χ2v) is 6.64. The van der Waals surface area contributed by atoms with Crippen LogP contribution in [0.5, 0.6) is 0 Å². The van der Waals surface area contributed by atoms with Crippen LogP contribution in [-0.2, 0) is 0 Å². The third-order valence-electron chi connectivity index (χ3n) is 5.02. The van der Waals surface area contributed by atoms with E-state index < -0.39 is 0 Å². The Hall–Kier alpha value is -2.93. The second-order valence-electron chi connectivity index (χ2n) is 6.64. The van der Waals surface area contributed by atoms with Crippen molar-refractivity contribution in [3.63, 3.8) is 0 Å². The molecule has 0 saturated heterocycles. The highest BCUT2D eigenvalue weighted by Crippen LogP contribution is 2.36. The molecule has 0 aliphatic rings. The highest BCUT2D eigenvalue weighted by molar-refractivity contribution is 5.93. The minimum absolute atomic E-state index is 1.04. The van der Waals surface area contributed by atoms with Gasteiger partial charge in [-0.1, -0.05) is 60.7 Å². The second kappa shape index (κ2) is 6.18. The maximum absolute atomic E-state index is 5.06. The standard InChI is InChI=1S/C24H21N/c1-16-10-8-13-21(18(16)3)24-22(20-12-6-4-9-17(20)2)15-19-11-5-7-14-23(19)25-24/h4-15H,1-3H3. The van der Waals surface area contributed by atoms with Gasteiger partial charge in [0.2, 0.25) is 0 Å². The van der Waals surface area contributed by atoms with Crippen molar-refractivity contribution in [1.29, 1.82) is 0 Å². The lowest BCUT2D eigenvalue weighted by Crippen LogP contribution is -1.95. The lowest BCUT2D eigenvalue weighted by molar-refractivity contribution is 1.30. The first-order valence-corrected chi connectivity index (χ1v) is 8.67. The van der Waals surface area contributed by atoms with E-state index in [4.69, 9.17) is 4.98 Å². The molecule has 0 N–H and O–H groups in total. The monoisotopic (exact) mass is 323 g/mol. The summed E-state index contributed by atoms with van der Waals surface area (Å²) in [7, 11) is 0. The predicted molar refractivity (Wildman–Crippen MR) is 107 cm³/mol. The van der Waals surface area contributed by atoms with Crippen LogP contribution in [0.15, 0.2) is 72.8 Å². The SMILES string of the molecule is Cc1ccccc1-c1cc2ccccc2nc1-c1cccc(C)c1C. The molecule has 1 aromatic heterocycles. The van der Waals surface area contributed by atoms with E-state index in [1.807, 2.05) is 0 Å². The Morgan fingerprint density at radius 1 is 0.600 bits per heavy atom. The molecular weight excluding hydrogens is 302 g/mol. The minimum Gasteiger partial charge on any atom is -0.247 e. The predicted octanol–water partition coefficient (Wildman–Crippen LogP) is 6.49. The number of para-hydroxylation sites is 1. The number of aromatic nitrogens is 1. The van der Waals surface area contributed by atoms with E-state index in [2.05, 4.69) is 93.6 Å². The molecule has 1 heterocycles. The van der Waals surface area contributed by atoms with Crippen LogP contribution < -0.4 is 0 Å². The topological polar surface area (TPSA) is 12.9 Å². The van der Waals surface area contributed by atoms with E-state index in [1.54, 1.807) is 0 Å². The van der Waals surface area contributed by atoms with Gasteiger partial charge in [0.15, 0.2) is 0 Å². The largest absolute Gasteiger partial charge is 0.247 e. The van der Waals surface area contributed by atoms with Crippen LogP contribution in [0.2, 0.25) is 0 Å². The van der Waals surface area contributed by atoms with E-state index >= 15 is 0 Å². The number of benzene rings is 3. The number of hydrogen-bond donors (Lipinski definition) is 0. The van der Waals surface area contributed by atoms with E-state index in [9.17, 15) is 0 Å². The van der Waals surface area contributed by atoms with Gasteiger partial charge in [-0.3, -0.25) is 0 Å². The molecule has 0 saturated carbocycles. The van der Waals surface area contributed by atoms with Gasteiger partial charge in [0.25, 0.3) is 0 Å². The molecule has 0 fully saturated rings. The average Bonchev–Trinajstić information content (AvgIpc) is 2.63. The number of aryl methyl sites for hydroxylation is 2. The molecule has 122 valence electrons. The molecule has 1 nitrogen and oxygen atoms in total. The molecule has 0 unspecified atom stereocenters. The number of nitrogens with zero attached hydrogens (tertiary/aromatic N) is 1. The molecule has 0 amide bonds. The van der Waals surface area contributed by atoms with Gasteiger partial charge in [-0.15, -0.1) is 0 Å². The lowest BCUT2D eigenvalue weighted by atomic mass is 9.92. The normalized spacial score (nSPS) is 11.0. The summed E-state index contributed by atoms with van der Waals surface area (Å²) in [6.07, 6.45) is 0. The van der Waals surface area contributed by atoms with Gasteiger partial charge in [-0.05, 0) is 55.2 Å². The van der Waals surface area contributed by atoms with Crippen LogP contribution in [0.25, 0.3) is 33.3 Å². The van der Waals surface area contributed by atoms with Crippen LogP contribution in [0.1, 0.15) is 16.7 Å². The van der Waals surface area contributed by atoms with Crippen molar-refractivity contribution >= 4 is 10.9 Å². The molecule has 0 aliphatic heterocycles. The first-order chi connectivity index (χ1) is 12.1. The zero-order valence-electron chi connectivity index (χ0n) is 14.9. The Kier molecular flexibility index (Phi) is 3.85. The smallest absolute Gasteiger partial charge is 0.0790 e. The molecule has 0 atom stereocenters. The maximum atomic E-state index is 5.06. The van der Waals surface area contributed by atoms with Gasteiger partial charge in [0, 0.05) is 16.5 Å². The van der Waals surface area contributed by atoms with Gasteiger partial charge in [0.1, 0.15) is 0 Å². The average molecular weight is 323 g/mol. The molecule has 0 bridgehead atoms. The third kappa shape index (κ3) is 2.72. The quantitative estimate of drug-likeness (QED) is 0.410. The molecule has 1 heteroatoms. The van der Waals surface area contributed by atoms with Crippen molar-refractivity contribution in [2.75, 3.05) is 0 Å². The molecule has 3 aromatic carbocycles. The summed E-state index contributed by atoms with van der Waals surface area (Å²) < 4.78 is 0. The van der Waals surface area contributed by atoms with E-state index in [-0.39, 0.29) is 0 Å². The Bertz CT molecular complexity index is 1080. The van der Waals surface area contributed by atoms with Gasteiger partial charge in [-0.2, -0.15) is 0 Å². The van der Waals surface area contributed by atoms with Gasteiger partial charge in [0.05, 0.1) is 11.2 Å². The summed E-state index contributed by atoms with van der Waals surface area (Å²) in [5.74, 6) is 0. The zero-order chi connectivity index (χ0) is 17.4. The Morgan fingerprint density at radius 3 is 2.12 bits per heavy atom. The van der Waals surface area contributed by atoms with Crippen molar-refractivity contribution in [2.24, 2.45) is 0 Å². The third-order valence-corrected chi connectivity index (χ3v) is 5.02. The summed E-state index contributed by atoms with van der Waals surface area (Å²) in [5, 5.41) is 1.18. The van der Waals surface area contributed by atoms with E-state index in [0.717, 1.165) is 11.2 Å². The van der Waals surface area contributed by atoms with Crippen molar-refractivity contribution in [2.45, 2.75) is 20.8 Å². The molecule has 0 aliphatic carbocycles. The van der Waals surface area contributed by atoms with E-state index in [1.165, 1.54) is 38.8 Å². The Balaban J connectivity index is 2.10. The molecule has 4 aromatic rings. The van der Waals surface area contributed by atoms with Crippen molar-refractivity contribution in [1.82, 2.24) is 4.98 Å². The zero-order valence-corrected chi connectivity index (χ0v) is 14.9. The fraction of sp³-hybridized carbons (Fsp3) is 0.125. The van der Waals surface area contributed by atoms with Crippen LogP contribution >= 0.6 is 0 Å². The van der Waals surface area contributed by atoms with Gasteiger partial charge in [-0.25, -0.2) is 4.98 Å². The highest BCUT2D eigenvalue weighted by Gasteiger charge is 2.15. The van der Waals surface area contributed by atoms with Crippen molar-refractivity contribution in [3.8, 4) is 22.4 Å². The van der Waals surface area contributed by atoms with Gasteiger partial charge < -0.3 is 0 Å². The first kappa shape index (κ1) is 15.6. The summed E-state index contributed by atoms with van der Waals surface area (Å²) in [6, 6.07) is 25.6. The van der Waals surface area contributed by atoms with Crippen LogP contribution in [0, 0.1) is 20.8 Å². The fourth-order valence-electron chi connectivity index (χ4n) is 3.41. The number of fused-ring (bicyclic) bond motifs is 1. The van der Waals surface area contributed by atoms with Crippen LogP contribution in [0.3, 0.4) is 0 Å². The van der Waals surface area contributed by atoms with E-state index in [0.29, 0.717) is 0 Å². The maximum Gasteiger partial charge on any atom is 0.0790 e. The number of hydrogen-bond acceptors (Lipinski definition) is 1. The van der Waals surface area contributed by atoms with Gasteiger partial charge >= 0.3 is 0 Å². The number of pyridine rings is 1. The summed E-state index contributed by atoms with van der Waals surface area (Å²) >= 11 is 0. The van der Waals surface area contributed by atoms with Crippen LogP contribution in [-0.4, -0.2) is 4.98 Å². The number of rotatable bonds is 2. The Labute approximate surface area is 149 Å². The fourth-order valence-corrected chi connectivity index (χ4v) is 3.41. The molecule has 25 heavy (non-hydrogen) atoms. The van der Waals surface area contributed by atoms with Crippen molar-refractivity contribution < 1.29 is 0 Å². The lowest BCUT2D eigenvalue weighted by Gasteiger charge is -2.16. The van der Waals surface area contributed by atoms with Crippen LogP contribution in [0.4, 0.5) is 0 Å². The first-order valence-electron chi connectivity index (χ1n) is 8.67. The summed E-state index contributed by atoms with van der Waals surface area (Å²) in [4.78, 5) is 5.06. The molecule has 0 radical (unpaired) electrons. The molecule has 0 spiro atoms.